The summed E-state index contributed by atoms with van der Waals surface area (Å²) in [5.74, 6) is 0.785. The van der Waals surface area contributed by atoms with Crippen molar-refractivity contribution in [3.05, 3.63) is 0 Å². The van der Waals surface area contributed by atoms with Crippen LogP contribution < -0.4 is 0 Å². The van der Waals surface area contributed by atoms with E-state index in [0.717, 1.165) is 69.6 Å². The lowest BCUT2D eigenvalue weighted by molar-refractivity contribution is -0.167. The Morgan fingerprint density at radius 2 is 0.532 bits per heavy atom. The Bertz CT molecular complexity index is 947. The second-order valence-corrected chi connectivity index (χ2v) is 20.2. The van der Waals surface area contributed by atoms with Gasteiger partial charge >= 0.3 is 17.9 Å². The van der Waals surface area contributed by atoms with E-state index in [-0.39, 0.29) is 31.1 Å². The van der Waals surface area contributed by atoms with E-state index >= 15 is 0 Å². The van der Waals surface area contributed by atoms with Crippen molar-refractivity contribution in [3.8, 4) is 0 Å². The van der Waals surface area contributed by atoms with Crippen molar-refractivity contribution in [2.75, 3.05) is 13.2 Å². The van der Waals surface area contributed by atoms with Crippen LogP contribution in [0, 0.1) is 11.8 Å². The maximum Gasteiger partial charge on any atom is 0.306 e. The van der Waals surface area contributed by atoms with Gasteiger partial charge in [-0.25, -0.2) is 0 Å². The zero-order valence-electron chi connectivity index (χ0n) is 42.5. The van der Waals surface area contributed by atoms with Crippen molar-refractivity contribution in [1.82, 2.24) is 0 Å². The molecule has 6 heteroatoms. The third-order valence-electron chi connectivity index (χ3n) is 12.7. The first-order valence-corrected chi connectivity index (χ1v) is 27.7. The van der Waals surface area contributed by atoms with Crippen LogP contribution in [0.15, 0.2) is 0 Å². The van der Waals surface area contributed by atoms with Gasteiger partial charge in [-0.1, -0.05) is 272 Å². The van der Waals surface area contributed by atoms with Gasteiger partial charge in [0.1, 0.15) is 13.2 Å². The van der Waals surface area contributed by atoms with Gasteiger partial charge in [-0.3, -0.25) is 14.4 Å². The fourth-order valence-corrected chi connectivity index (χ4v) is 8.52. The van der Waals surface area contributed by atoms with E-state index in [1.807, 2.05) is 0 Å². The highest BCUT2D eigenvalue weighted by Gasteiger charge is 2.19. The van der Waals surface area contributed by atoms with Crippen LogP contribution in [-0.2, 0) is 28.6 Å². The van der Waals surface area contributed by atoms with Gasteiger partial charge in [-0.2, -0.15) is 0 Å². The molecule has 0 heterocycles. The molecule has 0 aliphatic rings. The Labute approximate surface area is 387 Å². The molecule has 0 unspecified atom stereocenters. The lowest BCUT2D eigenvalue weighted by atomic mass is 10.0. The van der Waals surface area contributed by atoms with Crippen LogP contribution in [0.25, 0.3) is 0 Å². The SMILES string of the molecule is CCCCCCCCCCCCCCCCCCC(=O)O[C@H](COC(=O)CCCCCCCCCCCCCCCCCC(C)C)COC(=O)CCCCCCCCCC(C)C. The molecule has 368 valence electrons. The minimum atomic E-state index is -0.762. The van der Waals surface area contributed by atoms with Gasteiger partial charge in [0.25, 0.3) is 0 Å². The summed E-state index contributed by atoms with van der Waals surface area (Å²) in [6.45, 7) is 11.4. The van der Waals surface area contributed by atoms with Gasteiger partial charge in [-0.15, -0.1) is 0 Å². The maximum absolute atomic E-state index is 12.8. The number of hydrogen-bond acceptors (Lipinski definition) is 6. The monoisotopic (exact) mass is 877 g/mol. The Hall–Kier alpha value is -1.59. The molecular formula is C56H108O6. The van der Waals surface area contributed by atoms with E-state index in [9.17, 15) is 14.4 Å². The zero-order valence-corrected chi connectivity index (χ0v) is 42.5. The first kappa shape index (κ1) is 60.4. The molecule has 0 saturated heterocycles. The number of ether oxygens (including phenoxy) is 3. The van der Waals surface area contributed by atoms with Crippen LogP contribution in [0.3, 0.4) is 0 Å². The number of unbranched alkanes of at least 4 members (excludes halogenated alkanes) is 35. The third-order valence-corrected chi connectivity index (χ3v) is 12.7. The molecule has 0 aromatic carbocycles. The molecule has 0 N–H and O–H groups in total. The predicted octanol–water partition coefficient (Wildman–Crippen LogP) is 18.1. The lowest BCUT2D eigenvalue weighted by Crippen LogP contribution is -2.30. The van der Waals surface area contributed by atoms with Crippen LogP contribution in [0.2, 0.25) is 0 Å². The number of hydrogen-bond donors (Lipinski definition) is 0. The summed E-state index contributed by atoms with van der Waals surface area (Å²) in [7, 11) is 0. The zero-order chi connectivity index (χ0) is 45.4. The van der Waals surface area contributed by atoms with E-state index < -0.39 is 6.10 Å². The summed E-state index contributed by atoms with van der Waals surface area (Å²) in [4.78, 5) is 38.0. The number of carbonyl (C=O) groups excluding carboxylic acids is 3. The van der Waals surface area contributed by atoms with Crippen LogP contribution in [0.5, 0.6) is 0 Å². The topological polar surface area (TPSA) is 78.9 Å². The van der Waals surface area contributed by atoms with Crippen LogP contribution in [0.4, 0.5) is 0 Å². The normalized spacial score (nSPS) is 12.0. The van der Waals surface area contributed by atoms with Crippen molar-refractivity contribution in [2.45, 2.75) is 317 Å². The van der Waals surface area contributed by atoms with Crippen molar-refractivity contribution in [1.29, 1.82) is 0 Å². The largest absolute Gasteiger partial charge is 0.462 e. The number of esters is 3. The predicted molar refractivity (Wildman–Crippen MR) is 266 cm³/mol. The van der Waals surface area contributed by atoms with Gasteiger partial charge in [0, 0.05) is 19.3 Å². The van der Waals surface area contributed by atoms with Crippen LogP contribution >= 0.6 is 0 Å². The van der Waals surface area contributed by atoms with Crippen LogP contribution in [0.1, 0.15) is 311 Å². The average Bonchev–Trinajstić information content (AvgIpc) is 3.24. The maximum atomic E-state index is 12.8. The van der Waals surface area contributed by atoms with E-state index in [4.69, 9.17) is 14.2 Å². The molecule has 62 heavy (non-hydrogen) atoms. The second-order valence-electron chi connectivity index (χ2n) is 20.2. The average molecular weight is 877 g/mol. The molecule has 0 spiro atoms. The molecular weight excluding hydrogens is 769 g/mol. The standard InChI is InChI=1S/C56H108O6/c1-6-7-8-9-10-11-12-13-14-17-21-24-27-32-38-43-48-56(59)62-53(50-61-55(58)47-42-37-33-28-30-35-40-45-52(4)5)49-60-54(57)46-41-36-31-26-23-20-18-15-16-19-22-25-29-34-39-44-51(2)3/h51-53H,6-50H2,1-5H3/t53-/m1/s1. The molecule has 0 bridgehead atoms. The highest BCUT2D eigenvalue weighted by atomic mass is 16.6. The second kappa shape index (κ2) is 48.9. The summed E-state index contributed by atoms with van der Waals surface area (Å²) in [6, 6.07) is 0. The molecule has 0 aromatic heterocycles. The molecule has 0 aliphatic carbocycles. The molecule has 6 nitrogen and oxygen atoms in total. The summed E-state index contributed by atoms with van der Waals surface area (Å²) in [5, 5.41) is 0. The van der Waals surface area contributed by atoms with E-state index in [1.54, 1.807) is 0 Å². The molecule has 1 atom stereocenters. The molecule has 0 amide bonds. The molecule has 0 saturated carbocycles. The molecule has 0 aliphatic heterocycles. The summed E-state index contributed by atoms with van der Waals surface area (Å²) < 4.78 is 16.8. The Morgan fingerprint density at radius 1 is 0.306 bits per heavy atom. The van der Waals surface area contributed by atoms with Gasteiger partial charge < -0.3 is 14.2 Å². The van der Waals surface area contributed by atoms with Crippen molar-refractivity contribution in [2.24, 2.45) is 11.8 Å². The smallest absolute Gasteiger partial charge is 0.306 e. The van der Waals surface area contributed by atoms with Crippen LogP contribution in [-0.4, -0.2) is 37.2 Å². The Balaban J connectivity index is 4.25. The quantitative estimate of drug-likeness (QED) is 0.0344. The lowest BCUT2D eigenvalue weighted by Gasteiger charge is -2.18. The fourth-order valence-electron chi connectivity index (χ4n) is 8.52. The minimum Gasteiger partial charge on any atom is -0.462 e. The fraction of sp³-hybridized carbons (Fsp3) is 0.946. The van der Waals surface area contributed by atoms with Gasteiger partial charge in [0.15, 0.2) is 6.10 Å². The highest BCUT2D eigenvalue weighted by molar-refractivity contribution is 5.71. The van der Waals surface area contributed by atoms with Crippen molar-refractivity contribution in [3.63, 3.8) is 0 Å². The van der Waals surface area contributed by atoms with Gasteiger partial charge in [0.2, 0.25) is 0 Å². The third kappa shape index (κ3) is 49.4. The first-order chi connectivity index (χ1) is 30.2. The molecule has 0 fully saturated rings. The van der Waals surface area contributed by atoms with E-state index in [0.29, 0.717) is 19.3 Å². The summed E-state index contributed by atoms with van der Waals surface area (Å²) in [5.41, 5.74) is 0. The minimum absolute atomic E-state index is 0.0636. The highest BCUT2D eigenvalue weighted by Crippen LogP contribution is 2.18. The number of rotatable bonds is 50. The molecule has 0 radical (unpaired) electrons. The van der Waals surface area contributed by atoms with Gasteiger partial charge in [-0.05, 0) is 31.1 Å². The Morgan fingerprint density at radius 3 is 0.790 bits per heavy atom. The summed E-state index contributed by atoms with van der Waals surface area (Å²) in [6.07, 6.45) is 51.0. The van der Waals surface area contributed by atoms with Gasteiger partial charge in [0.05, 0.1) is 0 Å². The first-order valence-electron chi connectivity index (χ1n) is 27.7. The van der Waals surface area contributed by atoms with E-state index in [1.165, 1.54) is 199 Å². The Kier molecular flexibility index (Phi) is 47.6. The number of carbonyl (C=O) groups is 3. The van der Waals surface area contributed by atoms with Crippen molar-refractivity contribution >= 4 is 17.9 Å². The van der Waals surface area contributed by atoms with Crippen molar-refractivity contribution < 1.29 is 28.6 Å². The molecule has 0 aromatic rings. The molecule has 0 rings (SSSR count). The summed E-state index contributed by atoms with van der Waals surface area (Å²) >= 11 is 0. The van der Waals surface area contributed by atoms with E-state index in [2.05, 4.69) is 34.6 Å².